The van der Waals surface area contributed by atoms with Crippen molar-refractivity contribution in [2.24, 2.45) is 5.92 Å². The number of aryl methyl sites for hydroxylation is 1. The smallest absolute Gasteiger partial charge is 0.341 e. The Balaban J connectivity index is 2.48. The maximum atomic E-state index is 12.3. The van der Waals surface area contributed by atoms with Crippen LogP contribution in [0.1, 0.15) is 78.2 Å². The van der Waals surface area contributed by atoms with Crippen molar-refractivity contribution in [3.8, 4) is 0 Å². The van der Waals surface area contributed by atoms with Crippen LogP contribution in [0.3, 0.4) is 0 Å². The molecule has 2 N–H and O–H groups in total. The van der Waals surface area contributed by atoms with Crippen molar-refractivity contribution in [2.45, 2.75) is 90.3 Å². The summed E-state index contributed by atoms with van der Waals surface area (Å²) in [6.45, 7) is 7.21. The average molecular weight is 479 g/mol. The molecule has 0 spiro atoms. The summed E-state index contributed by atoms with van der Waals surface area (Å²) < 4.78 is 14.3. The number of aliphatic hydroxyl groups is 2. The van der Waals surface area contributed by atoms with Crippen LogP contribution >= 0.6 is 0 Å². The Bertz CT molecular complexity index is 820. The van der Waals surface area contributed by atoms with E-state index in [-0.39, 0.29) is 12.3 Å². The third-order valence-electron chi connectivity index (χ3n) is 6.36. The quantitative estimate of drug-likeness (QED) is 0.272. The van der Waals surface area contributed by atoms with Gasteiger partial charge >= 0.3 is 11.9 Å². The number of carbonyl (C=O) groups is 2. The molecule has 0 saturated carbocycles. The summed E-state index contributed by atoms with van der Waals surface area (Å²) in [5.41, 5.74) is -0.916. The van der Waals surface area contributed by atoms with Gasteiger partial charge in [-0.2, -0.15) is 0 Å². The lowest BCUT2D eigenvalue weighted by molar-refractivity contribution is -0.210. The number of methoxy groups -OCH3 is 2. The molecule has 0 amide bonds. The van der Waals surface area contributed by atoms with Crippen LogP contribution in [-0.4, -0.2) is 47.6 Å². The Hall–Kier alpha value is -2.38. The lowest BCUT2D eigenvalue weighted by Crippen LogP contribution is -2.63. The zero-order valence-corrected chi connectivity index (χ0v) is 21.6. The van der Waals surface area contributed by atoms with Crippen LogP contribution in [0.25, 0.3) is 0 Å². The van der Waals surface area contributed by atoms with Crippen LogP contribution in [-0.2, 0) is 25.5 Å². The van der Waals surface area contributed by atoms with E-state index in [0.29, 0.717) is 6.42 Å². The molecule has 0 aliphatic carbocycles. The van der Waals surface area contributed by atoms with Gasteiger partial charge in [0.05, 0.1) is 26.7 Å². The van der Waals surface area contributed by atoms with E-state index in [1.165, 1.54) is 16.7 Å². The molecule has 0 radical (unpaired) electrons. The second-order valence-electron chi connectivity index (χ2n) is 9.43. The molecule has 0 aliphatic heterocycles. The lowest BCUT2D eigenvalue weighted by atomic mass is 9.76. The van der Waals surface area contributed by atoms with Crippen molar-refractivity contribution < 1.29 is 33.7 Å². The van der Waals surface area contributed by atoms with Gasteiger partial charge in [0.25, 0.3) is 0 Å². The van der Waals surface area contributed by atoms with Crippen LogP contribution in [0.5, 0.6) is 0 Å². The predicted molar refractivity (Wildman–Crippen MR) is 131 cm³/mol. The first kappa shape index (κ1) is 29.7. The van der Waals surface area contributed by atoms with Crippen LogP contribution < -0.4 is 0 Å². The molecule has 0 fully saturated rings. The fourth-order valence-corrected chi connectivity index (χ4v) is 4.02. The largest absolute Gasteiger partial charge is 0.472 e. The van der Waals surface area contributed by atoms with Crippen molar-refractivity contribution in [3.63, 3.8) is 0 Å². The molecule has 0 aromatic carbocycles. The molecular formula is C27H42O7. The van der Waals surface area contributed by atoms with Crippen LogP contribution in [0.2, 0.25) is 0 Å². The van der Waals surface area contributed by atoms with E-state index in [0.717, 1.165) is 59.7 Å². The highest BCUT2D eigenvalue weighted by Crippen LogP contribution is 2.33. The highest BCUT2D eigenvalue weighted by atomic mass is 16.6. The van der Waals surface area contributed by atoms with Gasteiger partial charge in [0.2, 0.25) is 5.60 Å². The minimum atomic E-state index is -2.41. The number of hydrogen-bond acceptors (Lipinski definition) is 7. The van der Waals surface area contributed by atoms with E-state index >= 15 is 0 Å². The molecule has 0 aliphatic rings. The van der Waals surface area contributed by atoms with Gasteiger partial charge in [-0.3, -0.25) is 0 Å². The molecule has 0 saturated heterocycles. The summed E-state index contributed by atoms with van der Waals surface area (Å²) in [6.07, 6.45) is 14.4. The van der Waals surface area contributed by atoms with Gasteiger partial charge in [-0.05, 0) is 83.3 Å². The number of carbonyl (C=O) groups excluding carboxylic acids is 2. The van der Waals surface area contributed by atoms with E-state index in [1.54, 1.807) is 12.5 Å². The average Bonchev–Trinajstić information content (AvgIpc) is 3.31. The number of furan rings is 1. The van der Waals surface area contributed by atoms with Crippen molar-refractivity contribution in [1.82, 2.24) is 0 Å². The van der Waals surface area contributed by atoms with Gasteiger partial charge in [-0.15, -0.1) is 0 Å². The molecule has 7 nitrogen and oxygen atoms in total. The SMILES string of the molecule is COC(=O)[C@@](C)(O)[C@](O)(C[C@H](C)CCCC(C)=CCCC(C)=CCCc1ccoc1)C(=O)OC. The summed E-state index contributed by atoms with van der Waals surface area (Å²) in [6, 6.07) is 1.99. The summed E-state index contributed by atoms with van der Waals surface area (Å²) in [7, 11) is 2.20. The van der Waals surface area contributed by atoms with Gasteiger partial charge in [0.15, 0.2) is 5.60 Å². The number of rotatable bonds is 15. The van der Waals surface area contributed by atoms with Gasteiger partial charge in [0, 0.05) is 0 Å². The van der Waals surface area contributed by atoms with Crippen LogP contribution in [0.4, 0.5) is 0 Å². The minimum absolute atomic E-state index is 0.118. The first-order valence-corrected chi connectivity index (χ1v) is 11.9. The lowest BCUT2D eigenvalue weighted by Gasteiger charge is -2.37. The second kappa shape index (κ2) is 14.1. The van der Waals surface area contributed by atoms with Gasteiger partial charge in [-0.1, -0.05) is 36.6 Å². The Morgan fingerprint density at radius 1 is 1.06 bits per heavy atom. The fraction of sp³-hybridized carbons (Fsp3) is 0.630. The Morgan fingerprint density at radius 2 is 1.68 bits per heavy atom. The van der Waals surface area contributed by atoms with Crippen molar-refractivity contribution in [1.29, 1.82) is 0 Å². The Labute approximate surface area is 203 Å². The predicted octanol–water partition coefficient (Wildman–Crippen LogP) is 4.91. The third-order valence-corrected chi connectivity index (χ3v) is 6.36. The van der Waals surface area contributed by atoms with E-state index in [4.69, 9.17) is 4.42 Å². The standard InChI is InChI=1S/C27H42O7/c1-20(10-7-11-21(2)13-9-15-23-16-17-34-19-23)12-8-14-22(3)18-27(31,25(29)33-6)26(4,30)24(28)32-5/h10,13,16-17,19,22,30-31H,7-9,11-12,14-15,18H2,1-6H3/t22-,26-,27+/m1/s1. The van der Waals surface area contributed by atoms with Crippen molar-refractivity contribution in [3.05, 3.63) is 47.5 Å². The highest BCUT2D eigenvalue weighted by molar-refractivity contribution is 5.92. The summed E-state index contributed by atoms with van der Waals surface area (Å²) in [5, 5.41) is 21.5. The van der Waals surface area contributed by atoms with Crippen molar-refractivity contribution in [2.75, 3.05) is 14.2 Å². The maximum absolute atomic E-state index is 12.3. The summed E-state index contributed by atoms with van der Waals surface area (Å²) in [5.74, 6) is -2.27. The zero-order chi connectivity index (χ0) is 25.8. The van der Waals surface area contributed by atoms with Gasteiger partial charge in [-0.25, -0.2) is 9.59 Å². The fourth-order valence-electron chi connectivity index (χ4n) is 4.02. The second-order valence-corrected chi connectivity index (χ2v) is 9.43. The van der Waals surface area contributed by atoms with E-state index < -0.39 is 23.1 Å². The highest BCUT2D eigenvalue weighted by Gasteiger charge is 2.58. The number of ether oxygens (including phenoxy) is 2. The minimum Gasteiger partial charge on any atom is -0.472 e. The number of allylic oxidation sites excluding steroid dienone is 4. The molecule has 192 valence electrons. The number of hydrogen-bond donors (Lipinski definition) is 2. The van der Waals surface area contributed by atoms with Crippen LogP contribution in [0, 0.1) is 5.92 Å². The molecule has 0 bridgehead atoms. The molecule has 3 atom stereocenters. The summed E-state index contributed by atoms with van der Waals surface area (Å²) >= 11 is 0. The zero-order valence-electron chi connectivity index (χ0n) is 21.6. The normalized spacial score (nSPS) is 16.9. The molecule has 1 aromatic heterocycles. The third kappa shape index (κ3) is 8.76. The molecule has 1 heterocycles. The molecule has 1 rings (SSSR count). The molecule has 1 aromatic rings. The van der Waals surface area contributed by atoms with E-state index in [9.17, 15) is 19.8 Å². The van der Waals surface area contributed by atoms with Crippen LogP contribution in [0.15, 0.2) is 46.3 Å². The van der Waals surface area contributed by atoms with Gasteiger partial charge in [0.1, 0.15) is 0 Å². The first-order valence-electron chi connectivity index (χ1n) is 11.9. The Kier molecular flexibility index (Phi) is 12.3. The molecule has 7 heteroatoms. The monoisotopic (exact) mass is 478 g/mol. The number of esters is 2. The van der Waals surface area contributed by atoms with E-state index in [2.05, 4.69) is 35.5 Å². The molecule has 0 unspecified atom stereocenters. The van der Waals surface area contributed by atoms with E-state index in [1.807, 2.05) is 13.0 Å². The van der Waals surface area contributed by atoms with Gasteiger partial charge < -0.3 is 24.1 Å². The topological polar surface area (TPSA) is 106 Å². The molecule has 34 heavy (non-hydrogen) atoms. The molecular weight excluding hydrogens is 436 g/mol. The first-order chi connectivity index (χ1) is 16.0. The maximum Gasteiger partial charge on any atom is 0.341 e. The Morgan fingerprint density at radius 3 is 2.26 bits per heavy atom. The van der Waals surface area contributed by atoms with Crippen molar-refractivity contribution >= 4 is 11.9 Å². The summed E-state index contributed by atoms with van der Waals surface area (Å²) in [4.78, 5) is 24.2.